The van der Waals surface area contributed by atoms with Crippen molar-refractivity contribution in [3.05, 3.63) is 63.5 Å². The number of aromatic amines is 1. The van der Waals surface area contributed by atoms with Crippen LogP contribution >= 0.6 is 0 Å². The fourth-order valence-corrected chi connectivity index (χ4v) is 2.79. The molecule has 2 rings (SSSR count). The number of ether oxygens (including phenoxy) is 2. The lowest BCUT2D eigenvalue weighted by molar-refractivity contribution is 0.306. The number of hydrogen-bond donors (Lipinski definition) is 2. The Morgan fingerprint density at radius 1 is 0.966 bits per heavy atom. The van der Waals surface area contributed by atoms with Gasteiger partial charge in [0, 0.05) is 11.1 Å². The summed E-state index contributed by atoms with van der Waals surface area (Å²) in [6.45, 7) is 10.9. The minimum Gasteiger partial charge on any atom is -0.485 e. The van der Waals surface area contributed by atoms with Crippen molar-refractivity contribution in [3.8, 4) is 11.5 Å². The van der Waals surface area contributed by atoms with Crippen molar-refractivity contribution in [3.63, 3.8) is 0 Å². The first-order valence-electron chi connectivity index (χ1n) is 9.91. The first-order chi connectivity index (χ1) is 13.8. The van der Waals surface area contributed by atoms with Gasteiger partial charge in [-0.3, -0.25) is 4.79 Å². The molecule has 1 aromatic heterocycles. The summed E-state index contributed by atoms with van der Waals surface area (Å²) in [6.07, 6.45) is 8.14. The maximum atomic E-state index is 12.6. The van der Waals surface area contributed by atoms with E-state index in [1.807, 2.05) is 32.1 Å². The highest BCUT2D eigenvalue weighted by Crippen LogP contribution is 2.32. The summed E-state index contributed by atoms with van der Waals surface area (Å²) in [5, 5.41) is 0.764. The highest BCUT2D eigenvalue weighted by molar-refractivity contribution is 5.89. The van der Waals surface area contributed by atoms with E-state index in [4.69, 9.17) is 15.2 Å². The molecule has 0 saturated carbocycles. The Labute approximate surface area is 172 Å². The molecule has 0 amide bonds. The largest absolute Gasteiger partial charge is 0.485 e. The summed E-state index contributed by atoms with van der Waals surface area (Å²) in [6, 6.07) is 5.35. The van der Waals surface area contributed by atoms with E-state index in [1.54, 1.807) is 12.1 Å². The number of pyridine rings is 1. The molecule has 0 saturated heterocycles. The predicted octanol–water partition coefficient (Wildman–Crippen LogP) is 5.53. The van der Waals surface area contributed by atoms with E-state index < -0.39 is 0 Å². The molecule has 0 spiro atoms. The van der Waals surface area contributed by atoms with E-state index >= 15 is 0 Å². The van der Waals surface area contributed by atoms with Gasteiger partial charge in [-0.2, -0.15) is 0 Å². The first kappa shape index (κ1) is 22.3. The van der Waals surface area contributed by atoms with Gasteiger partial charge in [0.15, 0.2) is 5.75 Å². The van der Waals surface area contributed by atoms with E-state index in [2.05, 4.69) is 31.8 Å². The standard InChI is InChI=1S/C24H32N2O3/c1-16(2)7-6-8-18(5)12-14-29-23-22(28-13-11-17(3)4)20-10-9-19(25)15-21(20)26-24(23)27/h7,9-12,15H,6,8,13-14,25H2,1-5H3,(H,26,27). The van der Waals surface area contributed by atoms with E-state index in [0.29, 0.717) is 30.2 Å². The fraction of sp³-hybridized carbons (Fsp3) is 0.375. The Morgan fingerprint density at radius 3 is 2.31 bits per heavy atom. The molecule has 156 valence electrons. The lowest BCUT2D eigenvalue weighted by Gasteiger charge is -2.14. The number of rotatable bonds is 9. The van der Waals surface area contributed by atoms with Crippen LogP contribution in [0.15, 0.2) is 57.9 Å². The van der Waals surface area contributed by atoms with Crippen molar-refractivity contribution in [1.82, 2.24) is 4.98 Å². The predicted molar refractivity (Wildman–Crippen MR) is 122 cm³/mol. The topological polar surface area (TPSA) is 77.3 Å². The molecule has 1 heterocycles. The van der Waals surface area contributed by atoms with Crippen LogP contribution in [0.1, 0.15) is 47.5 Å². The SMILES string of the molecule is CC(C)=CCCC(C)=CCOc1c(OCC=C(C)C)c2ccc(N)cc2[nH]c1=O. The Morgan fingerprint density at radius 2 is 1.62 bits per heavy atom. The molecule has 0 radical (unpaired) electrons. The fourth-order valence-electron chi connectivity index (χ4n) is 2.79. The van der Waals surface area contributed by atoms with E-state index in [-0.39, 0.29) is 11.3 Å². The van der Waals surface area contributed by atoms with Gasteiger partial charge in [0.05, 0.1) is 5.52 Å². The average Bonchev–Trinajstić information content (AvgIpc) is 2.62. The molecular formula is C24H32N2O3. The summed E-state index contributed by atoms with van der Waals surface area (Å²) in [7, 11) is 0. The van der Waals surface area contributed by atoms with Crippen molar-refractivity contribution in [2.75, 3.05) is 18.9 Å². The van der Waals surface area contributed by atoms with Crippen molar-refractivity contribution in [2.24, 2.45) is 0 Å². The number of nitrogens with one attached hydrogen (secondary N) is 1. The highest BCUT2D eigenvalue weighted by Gasteiger charge is 2.15. The smallest absolute Gasteiger partial charge is 0.294 e. The molecule has 0 fully saturated rings. The Hall–Kier alpha value is -2.95. The molecule has 2 aromatic rings. The molecule has 0 aliphatic rings. The zero-order valence-corrected chi connectivity index (χ0v) is 18.1. The summed E-state index contributed by atoms with van der Waals surface area (Å²) < 4.78 is 11.8. The lowest BCUT2D eigenvalue weighted by Crippen LogP contribution is -2.14. The number of H-pyrrole nitrogens is 1. The van der Waals surface area contributed by atoms with Crippen molar-refractivity contribution < 1.29 is 9.47 Å². The summed E-state index contributed by atoms with van der Waals surface area (Å²) in [5.74, 6) is 0.634. The average molecular weight is 397 g/mol. The molecule has 0 unspecified atom stereocenters. The van der Waals surface area contributed by atoms with Crippen LogP contribution in [0.2, 0.25) is 0 Å². The second kappa shape index (κ2) is 10.6. The van der Waals surface area contributed by atoms with Crippen LogP contribution in [0.4, 0.5) is 5.69 Å². The monoisotopic (exact) mass is 396 g/mol. The summed E-state index contributed by atoms with van der Waals surface area (Å²) in [4.78, 5) is 15.5. The lowest BCUT2D eigenvalue weighted by atomic mass is 10.1. The maximum Gasteiger partial charge on any atom is 0.294 e. The van der Waals surface area contributed by atoms with Gasteiger partial charge in [-0.1, -0.05) is 22.8 Å². The van der Waals surface area contributed by atoms with Gasteiger partial charge in [-0.25, -0.2) is 0 Å². The third kappa shape index (κ3) is 6.86. The first-order valence-corrected chi connectivity index (χ1v) is 9.91. The van der Waals surface area contributed by atoms with Crippen molar-refractivity contribution in [1.29, 1.82) is 0 Å². The second-order valence-corrected chi connectivity index (χ2v) is 7.69. The third-order valence-corrected chi connectivity index (χ3v) is 4.42. The van der Waals surface area contributed by atoms with Crippen LogP contribution in [0.3, 0.4) is 0 Å². The summed E-state index contributed by atoms with van der Waals surface area (Å²) in [5.41, 5.74) is 10.4. The number of nitrogen functional groups attached to an aromatic ring is 1. The van der Waals surface area contributed by atoms with Crippen LogP contribution in [0.25, 0.3) is 10.9 Å². The van der Waals surface area contributed by atoms with Crippen LogP contribution in [0, 0.1) is 0 Å². The number of allylic oxidation sites excluding steroid dienone is 4. The van der Waals surface area contributed by atoms with Crippen LogP contribution < -0.4 is 20.8 Å². The van der Waals surface area contributed by atoms with Gasteiger partial charge >= 0.3 is 0 Å². The van der Waals surface area contributed by atoms with Gasteiger partial charge in [0.1, 0.15) is 13.2 Å². The number of aromatic nitrogens is 1. The van der Waals surface area contributed by atoms with E-state index in [9.17, 15) is 4.79 Å². The third-order valence-electron chi connectivity index (χ3n) is 4.42. The quantitative estimate of drug-likeness (QED) is 0.432. The number of fused-ring (bicyclic) bond motifs is 1. The number of hydrogen-bond acceptors (Lipinski definition) is 4. The van der Waals surface area contributed by atoms with E-state index in [0.717, 1.165) is 23.8 Å². The minimum atomic E-state index is -0.328. The molecule has 5 heteroatoms. The van der Waals surface area contributed by atoms with Gasteiger partial charge < -0.3 is 20.2 Å². The molecule has 0 atom stereocenters. The van der Waals surface area contributed by atoms with Crippen LogP contribution in [-0.2, 0) is 0 Å². The molecular weight excluding hydrogens is 364 g/mol. The number of benzene rings is 1. The van der Waals surface area contributed by atoms with E-state index in [1.165, 1.54) is 11.1 Å². The maximum absolute atomic E-state index is 12.6. The molecule has 0 bridgehead atoms. The Bertz CT molecular complexity index is 989. The Kier molecular flexibility index (Phi) is 8.13. The van der Waals surface area contributed by atoms with Gasteiger partial charge in [0.2, 0.25) is 5.75 Å². The van der Waals surface area contributed by atoms with Crippen LogP contribution in [-0.4, -0.2) is 18.2 Å². The normalized spacial score (nSPS) is 11.3. The van der Waals surface area contributed by atoms with Gasteiger partial charge in [-0.05, 0) is 77.8 Å². The molecule has 29 heavy (non-hydrogen) atoms. The molecule has 5 nitrogen and oxygen atoms in total. The molecule has 0 aliphatic heterocycles. The number of anilines is 1. The Balaban J connectivity index is 2.27. The minimum absolute atomic E-state index is 0.192. The van der Waals surface area contributed by atoms with Gasteiger partial charge in [-0.15, -0.1) is 0 Å². The van der Waals surface area contributed by atoms with Crippen molar-refractivity contribution >= 4 is 16.6 Å². The molecule has 3 N–H and O–H groups in total. The number of nitrogens with two attached hydrogens (primary N) is 1. The van der Waals surface area contributed by atoms with Gasteiger partial charge in [0.25, 0.3) is 5.56 Å². The molecule has 0 aliphatic carbocycles. The zero-order valence-electron chi connectivity index (χ0n) is 18.1. The zero-order chi connectivity index (χ0) is 21.4. The molecule has 1 aromatic carbocycles. The highest BCUT2D eigenvalue weighted by atomic mass is 16.5. The van der Waals surface area contributed by atoms with Crippen molar-refractivity contribution in [2.45, 2.75) is 47.5 Å². The van der Waals surface area contributed by atoms with Crippen LogP contribution in [0.5, 0.6) is 11.5 Å². The summed E-state index contributed by atoms with van der Waals surface area (Å²) >= 11 is 0. The second-order valence-electron chi connectivity index (χ2n) is 7.69.